The molecular weight excluding hydrogens is 210 g/mol. The second kappa shape index (κ2) is 6.65. The fourth-order valence-corrected chi connectivity index (χ4v) is 2.15. The van der Waals surface area contributed by atoms with E-state index in [4.69, 9.17) is 0 Å². The van der Waals surface area contributed by atoms with Crippen LogP contribution >= 0.6 is 0 Å². The maximum absolute atomic E-state index is 9.70. The minimum Gasteiger partial charge on any atom is -0.507 e. The van der Waals surface area contributed by atoms with E-state index >= 15 is 0 Å². The molecule has 2 N–H and O–H groups in total. The van der Waals surface area contributed by atoms with Gasteiger partial charge in [0.1, 0.15) is 5.75 Å². The van der Waals surface area contributed by atoms with Gasteiger partial charge in [0.2, 0.25) is 0 Å². The van der Waals surface area contributed by atoms with Crippen molar-refractivity contribution in [2.75, 3.05) is 6.54 Å². The fourth-order valence-electron chi connectivity index (χ4n) is 2.15. The van der Waals surface area contributed by atoms with E-state index < -0.39 is 0 Å². The highest BCUT2D eigenvalue weighted by molar-refractivity contribution is 5.42. The van der Waals surface area contributed by atoms with E-state index in [9.17, 15) is 5.11 Å². The molecule has 2 heteroatoms. The summed E-state index contributed by atoms with van der Waals surface area (Å²) in [5.41, 5.74) is 3.18. The molecule has 1 aromatic rings. The summed E-state index contributed by atoms with van der Waals surface area (Å²) >= 11 is 0. The standard InChI is InChI=1S/C15H25NO/c1-5-13(6-2)9-16-10-14-7-11(3)15(17)12(4)8-14/h7-8,13,16-17H,5-6,9-10H2,1-4H3. The van der Waals surface area contributed by atoms with Crippen LogP contribution in [0.1, 0.15) is 43.4 Å². The van der Waals surface area contributed by atoms with Crippen LogP contribution in [-0.2, 0) is 6.54 Å². The van der Waals surface area contributed by atoms with Gasteiger partial charge in [-0.1, -0.05) is 38.8 Å². The molecule has 96 valence electrons. The quantitative estimate of drug-likeness (QED) is 0.790. The Balaban J connectivity index is 2.52. The molecule has 0 bridgehead atoms. The molecule has 1 rings (SSSR count). The summed E-state index contributed by atoms with van der Waals surface area (Å²) in [7, 11) is 0. The van der Waals surface area contributed by atoms with Gasteiger partial charge in [0.25, 0.3) is 0 Å². The largest absolute Gasteiger partial charge is 0.507 e. The monoisotopic (exact) mass is 235 g/mol. The molecule has 0 aliphatic carbocycles. The second-order valence-corrected chi connectivity index (χ2v) is 4.89. The van der Waals surface area contributed by atoms with Gasteiger partial charge in [-0.25, -0.2) is 0 Å². The minimum atomic E-state index is 0.425. The van der Waals surface area contributed by atoms with Crippen LogP contribution in [0.15, 0.2) is 12.1 Å². The van der Waals surface area contributed by atoms with Gasteiger partial charge in [-0.2, -0.15) is 0 Å². The van der Waals surface area contributed by atoms with Crippen molar-refractivity contribution in [3.05, 3.63) is 28.8 Å². The Bertz CT molecular complexity index is 333. The number of rotatable bonds is 6. The number of aromatic hydroxyl groups is 1. The normalized spacial score (nSPS) is 11.1. The van der Waals surface area contributed by atoms with Crippen LogP contribution in [-0.4, -0.2) is 11.7 Å². The molecule has 0 amide bonds. The third-order valence-electron chi connectivity index (χ3n) is 3.47. The van der Waals surface area contributed by atoms with Crippen LogP contribution in [0.25, 0.3) is 0 Å². The highest BCUT2D eigenvalue weighted by Gasteiger charge is 2.05. The van der Waals surface area contributed by atoms with E-state index in [0.717, 1.165) is 30.1 Å². The van der Waals surface area contributed by atoms with Crippen LogP contribution < -0.4 is 5.32 Å². The van der Waals surface area contributed by atoms with Crippen molar-refractivity contribution in [3.63, 3.8) is 0 Å². The molecule has 0 radical (unpaired) electrons. The molecule has 0 fully saturated rings. The Morgan fingerprint density at radius 3 is 2.12 bits per heavy atom. The Morgan fingerprint density at radius 2 is 1.65 bits per heavy atom. The Kier molecular flexibility index (Phi) is 5.49. The van der Waals surface area contributed by atoms with Gasteiger partial charge in [-0.15, -0.1) is 0 Å². The molecule has 0 aromatic heterocycles. The molecule has 2 nitrogen and oxygen atoms in total. The maximum atomic E-state index is 9.70. The lowest BCUT2D eigenvalue weighted by atomic mass is 10.0. The maximum Gasteiger partial charge on any atom is 0.121 e. The molecular formula is C15H25NO. The first-order chi connectivity index (χ1) is 8.08. The van der Waals surface area contributed by atoms with Crippen molar-refractivity contribution < 1.29 is 5.11 Å². The number of nitrogens with one attached hydrogen (secondary N) is 1. The molecule has 1 aromatic carbocycles. The number of benzene rings is 1. The number of phenols is 1. The van der Waals surface area contributed by atoms with Crippen molar-refractivity contribution in [2.24, 2.45) is 5.92 Å². The summed E-state index contributed by atoms with van der Waals surface area (Å²) in [6.07, 6.45) is 2.47. The van der Waals surface area contributed by atoms with Gasteiger partial charge in [-0.05, 0) is 43.0 Å². The lowest BCUT2D eigenvalue weighted by molar-refractivity contribution is 0.448. The zero-order chi connectivity index (χ0) is 12.8. The SMILES string of the molecule is CCC(CC)CNCc1cc(C)c(O)c(C)c1. The van der Waals surface area contributed by atoms with E-state index in [0.29, 0.717) is 5.75 Å². The summed E-state index contributed by atoms with van der Waals surface area (Å²) < 4.78 is 0. The first kappa shape index (κ1) is 14.0. The van der Waals surface area contributed by atoms with Crippen LogP contribution in [0.5, 0.6) is 5.75 Å². The minimum absolute atomic E-state index is 0.425. The fraction of sp³-hybridized carbons (Fsp3) is 0.600. The second-order valence-electron chi connectivity index (χ2n) is 4.89. The third kappa shape index (κ3) is 4.04. The molecule has 17 heavy (non-hydrogen) atoms. The lowest BCUT2D eigenvalue weighted by Gasteiger charge is -2.14. The predicted molar refractivity (Wildman–Crippen MR) is 73.4 cm³/mol. The van der Waals surface area contributed by atoms with Crippen LogP contribution in [0.2, 0.25) is 0 Å². The Morgan fingerprint density at radius 1 is 1.12 bits per heavy atom. The molecule has 0 unspecified atom stereocenters. The molecule has 0 heterocycles. The smallest absolute Gasteiger partial charge is 0.121 e. The van der Waals surface area contributed by atoms with Crippen molar-refractivity contribution in [1.29, 1.82) is 0 Å². The van der Waals surface area contributed by atoms with Crippen molar-refractivity contribution in [3.8, 4) is 5.75 Å². The molecule has 0 saturated heterocycles. The Hall–Kier alpha value is -1.02. The number of aryl methyl sites for hydroxylation is 2. The summed E-state index contributed by atoms with van der Waals surface area (Å²) in [6, 6.07) is 4.12. The number of hydrogen-bond acceptors (Lipinski definition) is 2. The van der Waals surface area contributed by atoms with E-state index in [1.54, 1.807) is 0 Å². The zero-order valence-corrected chi connectivity index (χ0v) is 11.5. The van der Waals surface area contributed by atoms with E-state index in [1.165, 1.54) is 18.4 Å². The predicted octanol–water partition coefficient (Wildman–Crippen LogP) is 3.53. The van der Waals surface area contributed by atoms with Gasteiger partial charge in [-0.3, -0.25) is 0 Å². The first-order valence-corrected chi connectivity index (χ1v) is 6.58. The van der Waals surface area contributed by atoms with Gasteiger partial charge in [0, 0.05) is 6.54 Å². The average Bonchev–Trinajstić information content (AvgIpc) is 2.31. The van der Waals surface area contributed by atoms with Gasteiger partial charge >= 0.3 is 0 Å². The van der Waals surface area contributed by atoms with Crippen molar-refractivity contribution >= 4 is 0 Å². The molecule has 0 saturated carbocycles. The summed E-state index contributed by atoms with van der Waals surface area (Å²) in [5, 5.41) is 13.2. The summed E-state index contributed by atoms with van der Waals surface area (Å²) in [4.78, 5) is 0. The summed E-state index contributed by atoms with van der Waals surface area (Å²) in [6.45, 7) is 10.3. The van der Waals surface area contributed by atoms with Crippen LogP contribution in [0, 0.1) is 19.8 Å². The van der Waals surface area contributed by atoms with Crippen molar-refractivity contribution in [1.82, 2.24) is 5.32 Å². The molecule has 0 aliphatic rings. The highest BCUT2D eigenvalue weighted by Crippen LogP contribution is 2.22. The summed E-state index contributed by atoms with van der Waals surface area (Å²) in [5.74, 6) is 1.20. The number of hydrogen-bond donors (Lipinski definition) is 2. The molecule has 0 spiro atoms. The molecule has 0 atom stereocenters. The van der Waals surface area contributed by atoms with Gasteiger partial charge < -0.3 is 10.4 Å². The Labute approximate surface area is 105 Å². The first-order valence-electron chi connectivity index (χ1n) is 6.58. The molecule has 0 aliphatic heterocycles. The highest BCUT2D eigenvalue weighted by atomic mass is 16.3. The van der Waals surface area contributed by atoms with Gasteiger partial charge in [0.15, 0.2) is 0 Å². The van der Waals surface area contributed by atoms with Crippen molar-refractivity contribution in [2.45, 2.75) is 47.1 Å². The average molecular weight is 235 g/mol. The number of phenolic OH excluding ortho intramolecular Hbond substituents is 1. The van der Waals surface area contributed by atoms with Crippen LogP contribution in [0.4, 0.5) is 0 Å². The van der Waals surface area contributed by atoms with Gasteiger partial charge in [0.05, 0.1) is 0 Å². The zero-order valence-electron chi connectivity index (χ0n) is 11.5. The van der Waals surface area contributed by atoms with Crippen LogP contribution in [0.3, 0.4) is 0 Å². The topological polar surface area (TPSA) is 32.3 Å². The van der Waals surface area contributed by atoms with E-state index in [1.807, 2.05) is 13.8 Å². The lowest BCUT2D eigenvalue weighted by Crippen LogP contribution is -2.21. The van der Waals surface area contributed by atoms with E-state index in [-0.39, 0.29) is 0 Å². The van der Waals surface area contributed by atoms with E-state index in [2.05, 4.69) is 31.3 Å². The third-order valence-corrected chi connectivity index (χ3v) is 3.47.